The van der Waals surface area contributed by atoms with E-state index in [0.717, 1.165) is 31.6 Å². The molecule has 0 radical (unpaired) electrons. The van der Waals surface area contributed by atoms with Crippen molar-refractivity contribution in [2.45, 2.75) is 50.5 Å². The van der Waals surface area contributed by atoms with E-state index in [0.29, 0.717) is 0 Å². The van der Waals surface area contributed by atoms with Gasteiger partial charge in [-0.25, -0.2) is 0 Å². The number of aryl methyl sites for hydroxylation is 1. The van der Waals surface area contributed by atoms with Crippen molar-refractivity contribution in [1.82, 2.24) is 5.32 Å². The Morgan fingerprint density at radius 1 is 1.33 bits per heavy atom. The van der Waals surface area contributed by atoms with Crippen molar-refractivity contribution < 1.29 is 9.53 Å². The zero-order chi connectivity index (χ0) is 15.7. The van der Waals surface area contributed by atoms with Crippen LogP contribution in [0.4, 0.5) is 0 Å². The highest BCUT2D eigenvalue weighted by Crippen LogP contribution is 2.22. The molecule has 1 aromatic carbocycles. The van der Waals surface area contributed by atoms with Crippen molar-refractivity contribution in [2.75, 3.05) is 19.4 Å². The van der Waals surface area contributed by atoms with Crippen molar-refractivity contribution >= 4 is 17.7 Å². The van der Waals surface area contributed by atoms with Crippen molar-refractivity contribution in [3.63, 3.8) is 0 Å². The van der Waals surface area contributed by atoms with Crippen LogP contribution in [0.1, 0.15) is 38.7 Å². The summed E-state index contributed by atoms with van der Waals surface area (Å²) < 4.78 is 4.93. The molecule has 1 atom stereocenters. The number of nitrogens with one attached hydrogen (secondary N) is 1. The second-order valence-electron chi connectivity index (χ2n) is 5.52. The summed E-state index contributed by atoms with van der Waals surface area (Å²) in [6, 6.07) is 8.55. The lowest BCUT2D eigenvalue weighted by Crippen LogP contribution is -2.50. The van der Waals surface area contributed by atoms with E-state index in [-0.39, 0.29) is 5.97 Å². The van der Waals surface area contributed by atoms with E-state index in [1.807, 2.05) is 18.7 Å². The molecule has 0 fully saturated rings. The molecular formula is C17H27NO2S. The summed E-state index contributed by atoms with van der Waals surface area (Å²) >= 11 is 1.83. The summed E-state index contributed by atoms with van der Waals surface area (Å²) in [6.07, 6.45) is 2.77. The average Bonchev–Trinajstić information content (AvgIpc) is 2.50. The van der Waals surface area contributed by atoms with Crippen LogP contribution in [0.5, 0.6) is 0 Å². The van der Waals surface area contributed by atoms with E-state index in [1.165, 1.54) is 17.6 Å². The molecule has 1 N–H and O–H groups in total. The first-order chi connectivity index (χ1) is 10.0. The number of ether oxygens (including phenoxy) is 1. The molecule has 0 spiro atoms. The van der Waals surface area contributed by atoms with Gasteiger partial charge in [-0.3, -0.25) is 4.79 Å². The van der Waals surface area contributed by atoms with Crippen molar-refractivity contribution in [1.29, 1.82) is 0 Å². The van der Waals surface area contributed by atoms with Crippen LogP contribution in [0.25, 0.3) is 0 Å². The van der Waals surface area contributed by atoms with Crippen LogP contribution in [0.15, 0.2) is 29.2 Å². The highest BCUT2D eigenvalue weighted by atomic mass is 32.2. The van der Waals surface area contributed by atoms with Gasteiger partial charge in [-0.1, -0.05) is 24.6 Å². The van der Waals surface area contributed by atoms with E-state index in [2.05, 4.69) is 43.4 Å². The summed E-state index contributed by atoms with van der Waals surface area (Å²) in [5.41, 5.74) is 0.708. The molecule has 0 aromatic heterocycles. The minimum Gasteiger partial charge on any atom is -0.468 e. The van der Waals surface area contributed by atoms with Crippen LogP contribution in [0.3, 0.4) is 0 Å². The maximum Gasteiger partial charge on any atom is 0.325 e. The number of esters is 1. The van der Waals surface area contributed by atoms with E-state index in [4.69, 9.17) is 4.74 Å². The Labute approximate surface area is 132 Å². The third-order valence-electron chi connectivity index (χ3n) is 3.51. The van der Waals surface area contributed by atoms with E-state index >= 15 is 0 Å². The Hall–Kier alpha value is -1.00. The molecule has 1 rings (SSSR count). The first-order valence-corrected chi connectivity index (χ1v) is 8.53. The fraction of sp³-hybridized carbons (Fsp3) is 0.588. The predicted molar refractivity (Wildman–Crippen MR) is 89.9 cm³/mol. The molecule has 0 saturated heterocycles. The fourth-order valence-electron chi connectivity index (χ4n) is 2.14. The Morgan fingerprint density at radius 2 is 2.00 bits per heavy atom. The molecule has 21 heavy (non-hydrogen) atoms. The molecule has 0 aliphatic rings. The van der Waals surface area contributed by atoms with Crippen LogP contribution in [0.2, 0.25) is 0 Å². The zero-order valence-corrected chi connectivity index (χ0v) is 14.4. The van der Waals surface area contributed by atoms with Crippen LogP contribution in [-0.2, 0) is 9.53 Å². The molecule has 1 unspecified atom stereocenters. The minimum atomic E-state index is -0.571. The molecule has 0 saturated carbocycles. The SMILES string of the molecule is CCCNC(C)(CCCSc1ccc(C)cc1)C(=O)OC. The highest BCUT2D eigenvalue weighted by Gasteiger charge is 2.32. The molecule has 3 nitrogen and oxygen atoms in total. The van der Waals surface area contributed by atoms with Gasteiger partial charge in [-0.05, 0) is 57.5 Å². The molecule has 0 aliphatic carbocycles. The molecule has 118 valence electrons. The summed E-state index contributed by atoms with van der Waals surface area (Å²) in [6.45, 7) is 6.95. The van der Waals surface area contributed by atoms with Gasteiger partial charge in [-0.15, -0.1) is 11.8 Å². The van der Waals surface area contributed by atoms with Crippen LogP contribution >= 0.6 is 11.8 Å². The lowest BCUT2D eigenvalue weighted by Gasteiger charge is -2.28. The van der Waals surface area contributed by atoms with Gasteiger partial charge in [0.2, 0.25) is 0 Å². The van der Waals surface area contributed by atoms with Crippen molar-refractivity contribution in [3.05, 3.63) is 29.8 Å². The molecule has 0 aliphatic heterocycles. The van der Waals surface area contributed by atoms with Gasteiger partial charge in [0.25, 0.3) is 0 Å². The maximum absolute atomic E-state index is 11.9. The number of thioether (sulfide) groups is 1. The number of carbonyl (C=O) groups excluding carboxylic acids is 1. The van der Waals surface area contributed by atoms with Gasteiger partial charge >= 0.3 is 5.97 Å². The normalized spacial score (nSPS) is 13.7. The van der Waals surface area contributed by atoms with E-state index in [1.54, 1.807) is 0 Å². The smallest absolute Gasteiger partial charge is 0.325 e. The predicted octanol–water partition coefficient (Wildman–Crippen LogP) is 3.80. The largest absolute Gasteiger partial charge is 0.468 e. The quantitative estimate of drug-likeness (QED) is 0.428. The third-order valence-corrected chi connectivity index (χ3v) is 4.61. The van der Waals surface area contributed by atoms with Gasteiger partial charge in [0, 0.05) is 4.90 Å². The maximum atomic E-state index is 11.9. The standard InChI is InChI=1S/C17H27NO2S/c1-5-12-18-17(3,16(19)20-4)11-6-13-21-15-9-7-14(2)8-10-15/h7-10,18H,5-6,11-13H2,1-4H3. The molecule has 0 bridgehead atoms. The second kappa shape index (κ2) is 9.11. The van der Waals surface area contributed by atoms with Gasteiger partial charge in [0.15, 0.2) is 0 Å². The number of hydrogen-bond acceptors (Lipinski definition) is 4. The van der Waals surface area contributed by atoms with Crippen molar-refractivity contribution in [2.24, 2.45) is 0 Å². The Morgan fingerprint density at radius 3 is 2.57 bits per heavy atom. The number of benzene rings is 1. The minimum absolute atomic E-state index is 0.170. The van der Waals surface area contributed by atoms with Gasteiger partial charge in [0.05, 0.1) is 7.11 Å². The monoisotopic (exact) mass is 309 g/mol. The lowest BCUT2D eigenvalue weighted by atomic mass is 9.96. The van der Waals surface area contributed by atoms with Gasteiger partial charge in [0.1, 0.15) is 5.54 Å². The van der Waals surface area contributed by atoms with E-state index < -0.39 is 5.54 Å². The molecule has 0 heterocycles. The first kappa shape index (κ1) is 18.1. The lowest BCUT2D eigenvalue weighted by molar-refractivity contribution is -0.148. The number of hydrogen-bond donors (Lipinski definition) is 1. The van der Waals surface area contributed by atoms with E-state index in [9.17, 15) is 4.79 Å². The third kappa shape index (κ3) is 6.10. The van der Waals surface area contributed by atoms with Crippen LogP contribution < -0.4 is 5.32 Å². The summed E-state index contributed by atoms with van der Waals surface area (Å²) in [4.78, 5) is 13.2. The van der Waals surface area contributed by atoms with Crippen LogP contribution in [0, 0.1) is 6.92 Å². The Balaban J connectivity index is 2.42. The van der Waals surface area contributed by atoms with Gasteiger partial charge in [-0.2, -0.15) is 0 Å². The fourth-order valence-corrected chi connectivity index (χ4v) is 2.99. The zero-order valence-electron chi connectivity index (χ0n) is 13.6. The average molecular weight is 309 g/mol. The topological polar surface area (TPSA) is 38.3 Å². The Bertz CT molecular complexity index is 433. The second-order valence-corrected chi connectivity index (χ2v) is 6.68. The van der Waals surface area contributed by atoms with Crippen molar-refractivity contribution in [3.8, 4) is 0 Å². The first-order valence-electron chi connectivity index (χ1n) is 7.54. The molecule has 0 amide bonds. The highest BCUT2D eigenvalue weighted by molar-refractivity contribution is 7.99. The summed E-state index contributed by atoms with van der Waals surface area (Å²) in [5, 5.41) is 3.32. The number of methoxy groups -OCH3 is 1. The van der Waals surface area contributed by atoms with Gasteiger partial charge < -0.3 is 10.1 Å². The summed E-state index contributed by atoms with van der Waals surface area (Å²) in [5.74, 6) is 0.833. The Kier molecular flexibility index (Phi) is 7.83. The molecule has 4 heteroatoms. The van der Waals surface area contributed by atoms with Crippen LogP contribution in [-0.4, -0.2) is 30.9 Å². The molecule has 1 aromatic rings. The summed E-state index contributed by atoms with van der Waals surface area (Å²) in [7, 11) is 1.45. The number of carbonyl (C=O) groups is 1. The number of rotatable bonds is 9. The molecular weight excluding hydrogens is 282 g/mol.